The molecule has 0 aliphatic carbocycles. The third kappa shape index (κ3) is 2.26. The summed E-state index contributed by atoms with van der Waals surface area (Å²) in [6.07, 6.45) is 2.14. The van der Waals surface area contributed by atoms with Crippen molar-refractivity contribution in [3.63, 3.8) is 0 Å². The van der Waals surface area contributed by atoms with E-state index in [0.29, 0.717) is 17.4 Å². The fourth-order valence-electron chi connectivity index (χ4n) is 2.52. The number of fused-ring (bicyclic) bond motifs is 1. The third-order valence-corrected chi connectivity index (χ3v) is 3.60. The van der Waals surface area contributed by atoms with Crippen LogP contribution < -0.4 is 14.8 Å². The van der Waals surface area contributed by atoms with Gasteiger partial charge in [0.25, 0.3) is 0 Å². The van der Waals surface area contributed by atoms with Gasteiger partial charge in [-0.15, -0.1) is 0 Å². The predicted octanol–water partition coefficient (Wildman–Crippen LogP) is 2.31. The Hall–Kier alpha value is -1.75. The molecule has 5 nitrogen and oxygen atoms in total. The summed E-state index contributed by atoms with van der Waals surface area (Å²) in [4.78, 5) is 4.59. The SMILES string of the molecule is COc1cc2nc(C3CCNCC3)oc2cc1OC. The molecule has 2 heterocycles. The maximum atomic E-state index is 5.88. The van der Waals surface area contributed by atoms with Crippen LogP contribution in [0.3, 0.4) is 0 Å². The number of aromatic nitrogens is 1. The molecule has 1 fully saturated rings. The molecule has 1 N–H and O–H groups in total. The van der Waals surface area contributed by atoms with E-state index in [4.69, 9.17) is 13.9 Å². The largest absolute Gasteiger partial charge is 0.493 e. The molecular weight excluding hydrogens is 244 g/mol. The normalized spacial score (nSPS) is 16.7. The molecular formula is C14H18N2O3. The number of methoxy groups -OCH3 is 2. The Morgan fingerprint density at radius 1 is 1.16 bits per heavy atom. The Labute approximate surface area is 111 Å². The first-order valence-corrected chi connectivity index (χ1v) is 6.55. The second-order valence-electron chi connectivity index (χ2n) is 4.75. The second-order valence-corrected chi connectivity index (χ2v) is 4.75. The van der Waals surface area contributed by atoms with Gasteiger partial charge in [-0.1, -0.05) is 0 Å². The molecule has 0 radical (unpaired) electrons. The van der Waals surface area contributed by atoms with Crippen LogP contribution >= 0.6 is 0 Å². The maximum absolute atomic E-state index is 5.88. The summed E-state index contributed by atoms with van der Waals surface area (Å²) in [5.74, 6) is 2.58. The molecule has 0 atom stereocenters. The Bertz CT molecular complexity index is 532. The lowest BCUT2D eigenvalue weighted by molar-refractivity contribution is 0.354. The van der Waals surface area contributed by atoms with Crippen LogP contribution in [-0.4, -0.2) is 32.3 Å². The van der Waals surface area contributed by atoms with Crippen LogP contribution in [0.4, 0.5) is 0 Å². The lowest BCUT2D eigenvalue weighted by atomic mass is 9.98. The van der Waals surface area contributed by atoms with E-state index in [2.05, 4.69) is 10.3 Å². The van der Waals surface area contributed by atoms with Crippen molar-refractivity contribution < 1.29 is 13.9 Å². The third-order valence-electron chi connectivity index (χ3n) is 3.60. The van der Waals surface area contributed by atoms with Crippen molar-refractivity contribution in [1.29, 1.82) is 0 Å². The zero-order valence-electron chi connectivity index (χ0n) is 11.2. The van der Waals surface area contributed by atoms with Gasteiger partial charge in [-0.2, -0.15) is 0 Å². The van der Waals surface area contributed by atoms with E-state index in [-0.39, 0.29) is 0 Å². The minimum absolute atomic E-state index is 0.408. The van der Waals surface area contributed by atoms with Gasteiger partial charge >= 0.3 is 0 Å². The Kier molecular flexibility index (Phi) is 3.29. The second kappa shape index (κ2) is 5.09. The number of oxazole rings is 1. The van der Waals surface area contributed by atoms with Crippen LogP contribution in [-0.2, 0) is 0 Å². The smallest absolute Gasteiger partial charge is 0.198 e. The van der Waals surface area contributed by atoms with Gasteiger partial charge in [-0.05, 0) is 25.9 Å². The van der Waals surface area contributed by atoms with Crippen molar-refractivity contribution in [3.05, 3.63) is 18.0 Å². The fraction of sp³-hybridized carbons (Fsp3) is 0.500. The summed E-state index contributed by atoms with van der Waals surface area (Å²) in [5, 5.41) is 3.35. The summed E-state index contributed by atoms with van der Waals surface area (Å²) in [5.41, 5.74) is 1.58. The molecule has 1 aliphatic rings. The molecule has 19 heavy (non-hydrogen) atoms. The summed E-state index contributed by atoms with van der Waals surface area (Å²) in [6, 6.07) is 3.70. The van der Waals surface area contributed by atoms with Crippen LogP contribution in [0.15, 0.2) is 16.5 Å². The van der Waals surface area contributed by atoms with E-state index < -0.39 is 0 Å². The van der Waals surface area contributed by atoms with Crippen molar-refractivity contribution in [2.45, 2.75) is 18.8 Å². The van der Waals surface area contributed by atoms with E-state index in [9.17, 15) is 0 Å². The maximum Gasteiger partial charge on any atom is 0.198 e. The quantitative estimate of drug-likeness (QED) is 0.920. The highest BCUT2D eigenvalue weighted by Crippen LogP contribution is 2.34. The molecule has 0 spiro atoms. The highest BCUT2D eigenvalue weighted by atomic mass is 16.5. The average Bonchev–Trinajstić information content (AvgIpc) is 2.89. The predicted molar refractivity (Wildman–Crippen MR) is 72.0 cm³/mol. The number of hydrogen-bond acceptors (Lipinski definition) is 5. The fourth-order valence-corrected chi connectivity index (χ4v) is 2.52. The molecule has 0 unspecified atom stereocenters. The standard InChI is InChI=1S/C14H18N2O3/c1-17-12-7-10-11(8-13(12)18-2)19-14(16-10)9-3-5-15-6-4-9/h7-9,15H,3-6H2,1-2H3. The Morgan fingerprint density at radius 3 is 2.53 bits per heavy atom. The molecule has 1 aromatic heterocycles. The van der Waals surface area contributed by atoms with Crippen molar-refractivity contribution >= 4 is 11.1 Å². The Balaban J connectivity index is 1.99. The minimum Gasteiger partial charge on any atom is -0.493 e. The molecule has 5 heteroatoms. The molecule has 1 saturated heterocycles. The molecule has 2 aromatic rings. The zero-order chi connectivity index (χ0) is 13.2. The van der Waals surface area contributed by atoms with Crippen molar-refractivity contribution in [2.24, 2.45) is 0 Å². The lowest BCUT2D eigenvalue weighted by Crippen LogP contribution is -2.26. The van der Waals surface area contributed by atoms with Crippen molar-refractivity contribution in [1.82, 2.24) is 10.3 Å². The van der Waals surface area contributed by atoms with E-state index in [0.717, 1.165) is 42.9 Å². The number of benzene rings is 1. The number of ether oxygens (including phenoxy) is 2. The van der Waals surface area contributed by atoms with Crippen LogP contribution in [0.25, 0.3) is 11.1 Å². The van der Waals surface area contributed by atoms with Gasteiger partial charge in [0.05, 0.1) is 14.2 Å². The summed E-state index contributed by atoms with van der Waals surface area (Å²) < 4.78 is 16.4. The molecule has 1 aliphatic heterocycles. The molecule has 1 aromatic carbocycles. The van der Waals surface area contributed by atoms with Crippen molar-refractivity contribution in [2.75, 3.05) is 27.3 Å². The Morgan fingerprint density at radius 2 is 1.84 bits per heavy atom. The average molecular weight is 262 g/mol. The number of rotatable bonds is 3. The van der Waals surface area contributed by atoms with Crippen molar-refractivity contribution in [3.8, 4) is 11.5 Å². The molecule has 3 rings (SSSR count). The highest BCUT2D eigenvalue weighted by Gasteiger charge is 2.21. The van der Waals surface area contributed by atoms with E-state index >= 15 is 0 Å². The summed E-state index contributed by atoms with van der Waals surface area (Å²) in [7, 11) is 3.24. The van der Waals surface area contributed by atoms with E-state index in [1.807, 2.05) is 12.1 Å². The first-order valence-electron chi connectivity index (χ1n) is 6.55. The lowest BCUT2D eigenvalue weighted by Gasteiger charge is -2.19. The van der Waals surface area contributed by atoms with Crippen LogP contribution in [0, 0.1) is 0 Å². The molecule has 0 amide bonds. The minimum atomic E-state index is 0.408. The van der Waals surface area contributed by atoms with Gasteiger partial charge < -0.3 is 19.2 Å². The molecule has 0 saturated carbocycles. The van der Waals surface area contributed by atoms with Gasteiger partial charge in [0, 0.05) is 18.1 Å². The van der Waals surface area contributed by atoms with Crippen LogP contribution in [0.5, 0.6) is 11.5 Å². The van der Waals surface area contributed by atoms with Gasteiger partial charge in [0.1, 0.15) is 5.52 Å². The number of nitrogens with zero attached hydrogens (tertiary/aromatic N) is 1. The number of piperidine rings is 1. The van der Waals surface area contributed by atoms with Gasteiger partial charge in [-0.3, -0.25) is 0 Å². The summed E-state index contributed by atoms with van der Waals surface area (Å²) in [6.45, 7) is 2.05. The van der Waals surface area contributed by atoms with Gasteiger partial charge in [0.2, 0.25) is 0 Å². The number of nitrogens with one attached hydrogen (secondary N) is 1. The van der Waals surface area contributed by atoms with Gasteiger partial charge in [0.15, 0.2) is 23.0 Å². The first kappa shape index (κ1) is 12.3. The van der Waals surface area contributed by atoms with Crippen LogP contribution in [0.1, 0.15) is 24.7 Å². The van der Waals surface area contributed by atoms with E-state index in [1.54, 1.807) is 14.2 Å². The summed E-state index contributed by atoms with van der Waals surface area (Å²) >= 11 is 0. The zero-order valence-corrected chi connectivity index (χ0v) is 11.2. The topological polar surface area (TPSA) is 56.5 Å². The monoisotopic (exact) mass is 262 g/mol. The van der Waals surface area contributed by atoms with Gasteiger partial charge in [-0.25, -0.2) is 4.98 Å². The number of hydrogen-bond donors (Lipinski definition) is 1. The molecule has 0 bridgehead atoms. The van der Waals surface area contributed by atoms with Crippen LogP contribution in [0.2, 0.25) is 0 Å². The first-order chi connectivity index (χ1) is 9.31. The molecule has 102 valence electrons. The van der Waals surface area contributed by atoms with E-state index in [1.165, 1.54) is 0 Å². The highest BCUT2D eigenvalue weighted by molar-refractivity contribution is 5.77.